The van der Waals surface area contributed by atoms with E-state index in [1.807, 2.05) is 18.2 Å². The van der Waals surface area contributed by atoms with E-state index < -0.39 is 0 Å². The number of fused-ring (bicyclic) bond motifs is 1. The van der Waals surface area contributed by atoms with Gasteiger partial charge in [-0.3, -0.25) is 9.59 Å². The van der Waals surface area contributed by atoms with Crippen LogP contribution in [-0.2, 0) is 12.8 Å². The fourth-order valence-corrected chi connectivity index (χ4v) is 4.04. The number of aromatic nitrogens is 2. The Morgan fingerprint density at radius 1 is 0.781 bits per heavy atom. The topological polar surface area (TPSA) is 75.6 Å². The van der Waals surface area contributed by atoms with Crippen molar-refractivity contribution in [2.45, 2.75) is 26.7 Å². The predicted octanol–water partition coefficient (Wildman–Crippen LogP) is 3.36. The first-order valence-corrected chi connectivity index (χ1v) is 11.1. The highest BCUT2D eigenvalue weighted by Crippen LogP contribution is 2.19. The SMILES string of the molecule is CCc1nc2ccc(C(=O)N3CCN(C(=O)c4ccc(OC)cc4)CC3)cc2nc1CC. The van der Waals surface area contributed by atoms with E-state index in [4.69, 9.17) is 14.7 Å². The number of aryl methyl sites for hydroxylation is 2. The third kappa shape index (κ3) is 4.28. The van der Waals surface area contributed by atoms with Crippen LogP contribution in [0.5, 0.6) is 5.75 Å². The van der Waals surface area contributed by atoms with E-state index in [9.17, 15) is 9.59 Å². The second-order valence-electron chi connectivity index (χ2n) is 7.84. The van der Waals surface area contributed by atoms with Gasteiger partial charge in [-0.1, -0.05) is 13.8 Å². The lowest BCUT2D eigenvalue weighted by molar-refractivity contribution is 0.0535. The second-order valence-corrected chi connectivity index (χ2v) is 7.84. The van der Waals surface area contributed by atoms with Crippen LogP contribution in [0.3, 0.4) is 0 Å². The monoisotopic (exact) mass is 432 g/mol. The van der Waals surface area contributed by atoms with Crippen molar-refractivity contribution in [1.82, 2.24) is 19.8 Å². The summed E-state index contributed by atoms with van der Waals surface area (Å²) in [5, 5.41) is 0. The zero-order valence-corrected chi connectivity index (χ0v) is 18.8. The van der Waals surface area contributed by atoms with E-state index in [1.165, 1.54) is 0 Å². The van der Waals surface area contributed by atoms with E-state index in [0.717, 1.165) is 35.3 Å². The molecule has 7 nitrogen and oxygen atoms in total. The normalized spacial score (nSPS) is 14.0. The molecule has 0 radical (unpaired) electrons. The molecule has 32 heavy (non-hydrogen) atoms. The number of piperazine rings is 1. The first kappa shape index (κ1) is 21.7. The number of nitrogens with zero attached hydrogens (tertiary/aromatic N) is 4. The van der Waals surface area contributed by atoms with Crippen molar-refractivity contribution >= 4 is 22.8 Å². The van der Waals surface area contributed by atoms with Crippen LogP contribution in [0.1, 0.15) is 46.0 Å². The number of methoxy groups -OCH3 is 1. The van der Waals surface area contributed by atoms with Crippen molar-refractivity contribution in [1.29, 1.82) is 0 Å². The van der Waals surface area contributed by atoms with Gasteiger partial charge in [0.2, 0.25) is 0 Å². The summed E-state index contributed by atoms with van der Waals surface area (Å²) >= 11 is 0. The molecule has 4 rings (SSSR count). The van der Waals surface area contributed by atoms with Gasteiger partial charge in [0.1, 0.15) is 5.75 Å². The molecule has 1 aliphatic rings. The van der Waals surface area contributed by atoms with Gasteiger partial charge in [0, 0.05) is 37.3 Å². The fraction of sp³-hybridized carbons (Fsp3) is 0.360. The standard InChI is InChI=1S/C25H28N4O3/c1-4-20-21(5-2)27-23-16-18(8-11-22(23)26-20)25(31)29-14-12-28(13-15-29)24(30)17-6-9-19(32-3)10-7-17/h6-11,16H,4-5,12-15H2,1-3H3. The Bertz CT molecular complexity index is 1140. The molecule has 2 amide bonds. The Morgan fingerprint density at radius 2 is 1.28 bits per heavy atom. The van der Waals surface area contributed by atoms with E-state index >= 15 is 0 Å². The third-order valence-corrected chi connectivity index (χ3v) is 5.93. The predicted molar refractivity (Wildman–Crippen MR) is 123 cm³/mol. The molecule has 0 atom stereocenters. The van der Waals surface area contributed by atoms with E-state index in [2.05, 4.69) is 13.8 Å². The van der Waals surface area contributed by atoms with Gasteiger partial charge in [-0.15, -0.1) is 0 Å². The highest BCUT2D eigenvalue weighted by molar-refractivity contribution is 5.98. The summed E-state index contributed by atoms with van der Waals surface area (Å²) in [4.78, 5) is 38.9. The van der Waals surface area contributed by atoms with Gasteiger partial charge < -0.3 is 14.5 Å². The molecule has 1 aliphatic heterocycles. The van der Waals surface area contributed by atoms with Gasteiger partial charge in [-0.05, 0) is 55.3 Å². The Morgan fingerprint density at radius 3 is 1.81 bits per heavy atom. The first-order valence-electron chi connectivity index (χ1n) is 11.1. The van der Waals surface area contributed by atoms with Crippen molar-refractivity contribution in [3.63, 3.8) is 0 Å². The highest BCUT2D eigenvalue weighted by Gasteiger charge is 2.26. The summed E-state index contributed by atoms with van der Waals surface area (Å²) in [5.41, 5.74) is 4.78. The van der Waals surface area contributed by atoms with Crippen LogP contribution in [0.25, 0.3) is 11.0 Å². The number of rotatable bonds is 5. The largest absolute Gasteiger partial charge is 0.497 e. The van der Waals surface area contributed by atoms with Crippen LogP contribution < -0.4 is 4.74 Å². The van der Waals surface area contributed by atoms with Gasteiger partial charge in [0.05, 0.1) is 29.5 Å². The summed E-state index contributed by atoms with van der Waals surface area (Å²) < 4.78 is 5.15. The summed E-state index contributed by atoms with van der Waals surface area (Å²) in [6, 6.07) is 12.6. The number of ether oxygens (including phenoxy) is 1. The molecular formula is C25H28N4O3. The van der Waals surface area contributed by atoms with E-state index in [1.54, 1.807) is 41.2 Å². The van der Waals surface area contributed by atoms with Crippen molar-refractivity contribution < 1.29 is 14.3 Å². The number of benzene rings is 2. The van der Waals surface area contributed by atoms with Gasteiger partial charge in [-0.25, -0.2) is 9.97 Å². The molecule has 1 aromatic heterocycles. The molecular weight excluding hydrogens is 404 g/mol. The number of hydrogen-bond donors (Lipinski definition) is 0. The van der Waals surface area contributed by atoms with Crippen LogP contribution in [0.2, 0.25) is 0 Å². The lowest BCUT2D eigenvalue weighted by Gasteiger charge is -2.35. The summed E-state index contributed by atoms with van der Waals surface area (Å²) in [6.45, 7) is 6.15. The van der Waals surface area contributed by atoms with Crippen molar-refractivity contribution in [3.05, 3.63) is 65.0 Å². The zero-order chi connectivity index (χ0) is 22.7. The molecule has 0 spiro atoms. The van der Waals surface area contributed by atoms with Crippen LogP contribution in [-0.4, -0.2) is 64.9 Å². The molecule has 0 unspecified atom stereocenters. The highest BCUT2D eigenvalue weighted by atomic mass is 16.5. The molecule has 1 saturated heterocycles. The van der Waals surface area contributed by atoms with Crippen LogP contribution >= 0.6 is 0 Å². The average Bonchev–Trinajstić information content (AvgIpc) is 2.86. The molecule has 1 fully saturated rings. The minimum Gasteiger partial charge on any atom is -0.497 e. The number of amides is 2. The Kier molecular flexibility index (Phi) is 6.35. The smallest absolute Gasteiger partial charge is 0.254 e. The van der Waals surface area contributed by atoms with Crippen LogP contribution in [0.4, 0.5) is 0 Å². The first-order chi connectivity index (χ1) is 15.5. The summed E-state index contributed by atoms with van der Waals surface area (Å²) in [7, 11) is 1.60. The third-order valence-electron chi connectivity index (χ3n) is 5.93. The molecule has 0 bridgehead atoms. The number of carbonyl (C=O) groups excluding carboxylic acids is 2. The minimum atomic E-state index is -0.0390. The van der Waals surface area contributed by atoms with Gasteiger partial charge in [0.25, 0.3) is 11.8 Å². The molecule has 0 N–H and O–H groups in total. The van der Waals surface area contributed by atoms with Crippen LogP contribution in [0, 0.1) is 0 Å². The van der Waals surface area contributed by atoms with E-state index in [-0.39, 0.29) is 11.8 Å². The van der Waals surface area contributed by atoms with Crippen molar-refractivity contribution in [2.24, 2.45) is 0 Å². The van der Waals surface area contributed by atoms with Gasteiger partial charge in [0.15, 0.2) is 0 Å². The summed E-state index contributed by atoms with van der Waals surface area (Å²) in [6.07, 6.45) is 1.65. The van der Waals surface area contributed by atoms with Gasteiger partial charge >= 0.3 is 0 Å². The quantitative estimate of drug-likeness (QED) is 0.618. The maximum Gasteiger partial charge on any atom is 0.254 e. The zero-order valence-electron chi connectivity index (χ0n) is 18.8. The molecule has 2 heterocycles. The Balaban J connectivity index is 1.44. The lowest BCUT2D eigenvalue weighted by Crippen LogP contribution is -2.50. The fourth-order valence-electron chi connectivity index (χ4n) is 4.04. The minimum absolute atomic E-state index is 0.0282. The molecule has 3 aromatic rings. The maximum absolute atomic E-state index is 13.1. The van der Waals surface area contributed by atoms with Crippen molar-refractivity contribution in [2.75, 3.05) is 33.3 Å². The Hall–Kier alpha value is -3.48. The molecule has 7 heteroatoms. The van der Waals surface area contributed by atoms with Crippen molar-refractivity contribution in [3.8, 4) is 5.75 Å². The Labute approximate surface area is 188 Å². The number of hydrogen-bond acceptors (Lipinski definition) is 5. The molecule has 166 valence electrons. The van der Waals surface area contributed by atoms with Crippen LogP contribution in [0.15, 0.2) is 42.5 Å². The van der Waals surface area contributed by atoms with Gasteiger partial charge in [-0.2, -0.15) is 0 Å². The average molecular weight is 433 g/mol. The molecule has 0 aliphatic carbocycles. The molecule has 2 aromatic carbocycles. The second kappa shape index (κ2) is 9.34. The number of carbonyl (C=O) groups is 2. The molecule has 0 saturated carbocycles. The van der Waals surface area contributed by atoms with E-state index in [0.29, 0.717) is 43.1 Å². The lowest BCUT2D eigenvalue weighted by atomic mass is 10.1. The maximum atomic E-state index is 13.1. The summed E-state index contributed by atoms with van der Waals surface area (Å²) in [5.74, 6) is 0.649.